The number of carbonyl (C=O) groups is 1. The van der Waals surface area contributed by atoms with Gasteiger partial charge in [0.25, 0.3) is 0 Å². The summed E-state index contributed by atoms with van der Waals surface area (Å²) in [7, 11) is 0. The predicted octanol–water partition coefficient (Wildman–Crippen LogP) is 4.17. The largest absolute Gasteiger partial charge is 0.490 e. The maximum atomic E-state index is 13.9. The van der Waals surface area contributed by atoms with Crippen LogP contribution in [0, 0.1) is 5.82 Å². The van der Waals surface area contributed by atoms with Gasteiger partial charge in [0.15, 0.2) is 11.5 Å². The number of amides is 1. The van der Waals surface area contributed by atoms with Crippen LogP contribution in [0.2, 0.25) is 0 Å². The molecule has 1 aromatic carbocycles. The second-order valence-corrected chi connectivity index (χ2v) is 6.74. The molecule has 27 heavy (non-hydrogen) atoms. The van der Waals surface area contributed by atoms with Gasteiger partial charge >= 0.3 is 0 Å². The molecule has 1 N–H and O–H groups in total. The molecule has 1 atom stereocenters. The van der Waals surface area contributed by atoms with Gasteiger partial charge < -0.3 is 14.8 Å². The molecule has 1 aromatic heterocycles. The van der Waals surface area contributed by atoms with Crippen molar-refractivity contribution in [2.75, 3.05) is 13.2 Å². The third-order valence-electron chi connectivity index (χ3n) is 4.45. The Morgan fingerprint density at radius 1 is 1.19 bits per heavy atom. The van der Waals surface area contributed by atoms with E-state index in [9.17, 15) is 9.18 Å². The van der Waals surface area contributed by atoms with Crippen molar-refractivity contribution >= 4 is 5.91 Å². The fourth-order valence-corrected chi connectivity index (χ4v) is 2.76. The normalized spacial score (nSPS) is 12.4. The van der Waals surface area contributed by atoms with E-state index in [1.807, 2.05) is 45.9 Å². The molecule has 146 valence electrons. The maximum absolute atomic E-state index is 13.9. The lowest BCUT2D eigenvalue weighted by atomic mass is 9.83. The van der Waals surface area contributed by atoms with Crippen LogP contribution in [0.5, 0.6) is 11.5 Å². The molecular weight excluding hydrogens is 347 g/mol. The van der Waals surface area contributed by atoms with Crippen molar-refractivity contribution in [3.05, 3.63) is 53.6 Å². The van der Waals surface area contributed by atoms with Crippen LogP contribution >= 0.6 is 0 Å². The number of ether oxygens (including phenoxy) is 2. The predicted molar refractivity (Wildman–Crippen MR) is 103 cm³/mol. The topological polar surface area (TPSA) is 60.5 Å². The van der Waals surface area contributed by atoms with E-state index in [4.69, 9.17) is 9.47 Å². The Morgan fingerprint density at radius 2 is 1.85 bits per heavy atom. The number of aromatic nitrogens is 1. The number of hydrogen-bond donors (Lipinski definition) is 1. The summed E-state index contributed by atoms with van der Waals surface area (Å²) in [6.07, 6.45) is 2.65. The molecule has 0 radical (unpaired) electrons. The molecule has 5 nitrogen and oxygen atoms in total. The van der Waals surface area contributed by atoms with E-state index in [0.717, 1.165) is 11.8 Å². The summed E-state index contributed by atoms with van der Waals surface area (Å²) in [6, 6.07) is 6.58. The van der Waals surface area contributed by atoms with Gasteiger partial charge in [-0.2, -0.15) is 0 Å². The quantitative estimate of drug-likeness (QED) is 0.753. The number of rotatable bonds is 8. The highest BCUT2D eigenvalue weighted by Crippen LogP contribution is 2.34. The van der Waals surface area contributed by atoms with Gasteiger partial charge in [-0.3, -0.25) is 9.78 Å². The summed E-state index contributed by atoms with van der Waals surface area (Å²) >= 11 is 0. The van der Waals surface area contributed by atoms with Crippen molar-refractivity contribution in [1.29, 1.82) is 0 Å². The summed E-state index contributed by atoms with van der Waals surface area (Å²) in [5.41, 5.74) is 0.346. The number of halogens is 1. The molecule has 0 bridgehead atoms. The van der Waals surface area contributed by atoms with E-state index in [0.29, 0.717) is 30.3 Å². The van der Waals surface area contributed by atoms with E-state index >= 15 is 0 Å². The van der Waals surface area contributed by atoms with E-state index in [2.05, 4.69) is 10.3 Å². The van der Waals surface area contributed by atoms with E-state index in [1.54, 1.807) is 13.0 Å². The van der Waals surface area contributed by atoms with Crippen LogP contribution in [0.4, 0.5) is 4.39 Å². The summed E-state index contributed by atoms with van der Waals surface area (Å²) in [5, 5.41) is 2.89. The van der Waals surface area contributed by atoms with Gasteiger partial charge in [0.1, 0.15) is 5.82 Å². The molecule has 0 saturated carbocycles. The number of pyridine rings is 1. The van der Waals surface area contributed by atoms with Gasteiger partial charge in [0, 0.05) is 11.8 Å². The highest BCUT2D eigenvalue weighted by atomic mass is 19.1. The minimum atomic E-state index is -0.839. The summed E-state index contributed by atoms with van der Waals surface area (Å²) < 4.78 is 25.2. The number of nitrogens with zero attached hydrogens (tertiary/aromatic N) is 1. The third-order valence-corrected chi connectivity index (χ3v) is 4.45. The Hall–Kier alpha value is -2.63. The number of benzene rings is 1. The maximum Gasteiger partial charge on any atom is 0.230 e. The summed E-state index contributed by atoms with van der Waals surface area (Å²) in [5.74, 6) is 0.595. The Kier molecular flexibility index (Phi) is 6.77. The monoisotopic (exact) mass is 374 g/mol. The first-order valence-electron chi connectivity index (χ1n) is 9.11. The second kappa shape index (κ2) is 8.84. The molecule has 0 aliphatic carbocycles. The first kappa shape index (κ1) is 20.7. The molecule has 0 spiro atoms. The van der Waals surface area contributed by atoms with Crippen molar-refractivity contribution in [1.82, 2.24) is 10.3 Å². The van der Waals surface area contributed by atoms with E-state index in [1.165, 1.54) is 6.20 Å². The number of nitrogens with one attached hydrogen (secondary N) is 1. The fourth-order valence-electron chi connectivity index (χ4n) is 2.76. The van der Waals surface area contributed by atoms with Crippen molar-refractivity contribution in [2.45, 2.75) is 46.1 Å². The summed E-state index contributed by atoms with van der Waals surface area (Å²) in [4.78, 5) is 16.7. The molecule has 0 saturated heterocycles. The van der Waals surface area contributed by atoms with Gasteiger partial charge in [-0.05, 0) is 58.4 Å². The second-order valence-electron chi connectivity index (χ2n) is 6.74. The lowest BCUT2D eigenvalue weighted by molar-refractivity contribution is -0.126. The fraction of sp³-hybridized carbons (Fsp3) is 0.429. The molecule has 0 fully saturated rings. The lowest BCUT2D eigenvalue weighted by Gasteiger charge is -2.27. The van der Waals surface area contributed by atoms with Crippen LogP contribution in [0.25, 0.3) is 0 Å². The Labute approximate surface area is 159 Å². The van der Waals surface area contributed by atoms with Crippen LogP contribution in [0.15, 0.2) is 36.7 Å². The van der Waals surface area contributed by atoms with Crippen LogP contribution in [0.1, 0.15) is 51.8 Å². The number of hydrogen-bond acceptors (Lipinski definition) is 4. The van der Waals surface area contributed by atoms with Crippen LogP contribution in [-0.4, -0.2) is 24.1 Å². The van der Waals surface area contributed by atoms with Gasteiger partial charge in [0.2, 0.25) is 5.91 Å². The van der Waals surface area contributed by atoms with Crippen molar-refractivity contribution in [2.24, 2.45) is 0 Å². The molecule has 0 aliphatic rings. The van der Waals surface area contributed by atoms with E-state index < -0.39 is 17.3 Å². The summed E-state index contributed by atoms with van der Waals surface area (Å²) in [6.45, 7) is 10.2. The first-order chi connectivity index (χ1) is 12.8. The van der Waals surface area contributed by atoms with Gasteiger partial charge in [-0.1, -0.05) is 6.07 Å². The molecule has 2 aromatic rings. The Morgan fingerprint density at radius 3 is 2.48 bits per heavy atom. The Bertz CT molecular complexity index is 793. The average molecular weight is 374 g/mol. The zero-order valence-electron chi connectivity index (χ0n) is 16.5. The first-order valence-corrected chi connectivity index (χ1v) is 9.11. The molecule has 6 heteroatoms. The standard InChI is InChI=1S/C21H27FN2O3/c1-6-26-18-9-8-15(12-19(18)27-7-2)21(4,5)20(25)24-14(3)16-10-11-23-13-17(16)22/h8-14H,6-7H2,1-5H3,(H,24,25)/t14-/m0/s1. The minimum Gasteiger partial charge on any atom is -0.490 e. The average Bonchev–Trinajstić information content (AvgIpc) is 2.63. The van der Waals surface area contributed by atoms with Crippen molar-refractivity contribution in [3.8, 4) is 11.5 Å². The van der Waals surface area contributed by atoms with Crippen molar-refractivity contribution in [3.63, 3.8) is 0 Å². The van der Waals surface area contributed by atoms with Gasteiger partial charge in [-0.15, -0.1) is 0 Å². The molecule has 0 aliphatic heterocycles. The zero-order valence-corrected chi connectivity index (χ0v) is 16.5. The van der Waals surface area contributed by atoms with Gasteiger partial charge in [-0.25, -0.2) is 4.39 Å². The Balaban J connectivity index is 2.24. The van der Waals surface area contributed by atoms with Crippen LogP contribution in [-0.2, 0) is 10.2 Å². The molecule has 0 unspecified atom stereocenters. The van der Waals surface area contributed by atoms with E-state index in [-0.39, 0.29) is 5.91 Å². The molecule has 2 rings (SSSR count). The SMILES string of the molecule is CCOc1ccc(C(C)(C)C(=O)N[C@@H](C)c2ccncc2F)cc1OCC. The van der Waals surface area contributed by atoms with Gasteiger partial charge in [0.05, 0.1) is 30.9 Å². The highest BCUT2D eigenvalue weighted by molar-refractivity contribution is 5.87. The molecule has 1 amide bonds. The number of carbonyl (C=O) groups excluding carboxylic acids is 1. The van der Waals surface area contributed by atoms with Crippen molar-refractivity contribution < 1.29 is 18.7 Å². The third kappa shape index (κ3) is 4.76. The molecular formula is C21H27FN2O3. The smallest absolute Gasteiger partial charge is 0.230 e. The van der Waals surface area contributed by atoms with Crippen LogP contribution < -0.4 is 14.8 Å². The van der Waals surface area contributed by atoms with Crippen LogP contribution in [0.3, 0.4) is 0 Å². The lowest BCUT2D eigenvalue weighted by Crippen LogP contribution is -2.41. The molecule has 1 heterocycles. The minimum absolute atomic E-state index is 0.210. The zero-order chi connectivity index (χ0) is 20.0. The highest BCUT2D eigenvalue weighted by Gasteiger charge is 2.32.